The quantitative estimate of drug-likeness (QED) is 0.732. The van der Waals surface area contributed by atoms with Gasteiger partial charge in [0.15, 0.2) is 0 Å². The summed E-state index contributed by atoms with van der Waals surface area (Å²) in [6, 6.07) is 0.449. The smallest absolute Gasteiger partial charge is 0.0933 e. The minimum atomic E-state index is 0.181. The molecule has 0 saturated carbocycles. The fourth-order valence-corrected chi connectivity index (χ4v) is 1.52. The molecule has 1 aliphatic heterocycles. The molecule has 1 fully saturated rings. The van der Waals surface area contributed by atoms with Crippen molar-refractivity contribution in [3.05, 3.63) is 0 Å². The molecule has 2 atom stereocenters. The Hall–Kier alpha value is -0.160. The summed E-state index contributed by atoms with van der Waals surface area (Å²) in [6.45, 7) is 12.7. The second kappa shape index (κ2) is 6.55. The number of ether oxygens (including phenoxy) is 2. The standard InChI is InChI=1S/C12H26N2O2/c1-10(7-14-12(2,3)4)13-8-11-9-15-5-6-16-11/h10-11,13-14H,5-9H2,1-4H3. The van der Waals surface area contributed by atoms with Gasteiger partial charge in [-0.25, -0.2) is 0 Å². The molecule has 16 heavy (non-hydrogen) atoms. The molecule has 1 heterocycles. The normalized spacial score (nSPS) is 24.4. The lowest BCUT2D eigenvalue weighted by Gasteiger charge is -2.27. The number of hydrogen-bond donors (Lipinski definition) is 2. The average Bonchev–Trinajstić information content (AvgIpc) is 2.24. The van der Waals surface area contributed by atoms with Crippen LogP contribution in [0.1, 0.15) is 27.7 Å². The van der Waals surface area contributed by atoms with Crippen molar-refractivity contribution < 1.29 is 9.47 Å². The van der Waals surface area contributed by atoms with Gasteiger partial charge in [0.2, 0.25) is 0 Å². The Labute approximate surface area is 99.1 Å². The van der Waals surface area contributed by atoms with E-state index in [1.807, 2.05) is 0 Å². The van der Waals surface area contributed by atoms with Crippen LogP contribution < -0.4 is 10.6 Å². The number of hydrogen-bond acceptors (Lipinski definition) is 4. The first kappa shape index (κ1) is 13.9. The number of nitrogens with one attached hydrogen (secondary N) is 2. The van der Waals surface area contributed by atoms with Gasteiger partial charge in [-0.2, -0.15) is 0 Å². The lowest BCUT2D eigenvalue weighted by atomic mass is 10.1. The van der Waals surface area contributed by atoms with Gasteiger partial charge in [-0.1, -0.05) is 0 Å². The van der Waals surface area contributed by atoms with Crippen molar-refractivity contribution in [3.8, 4) is 0 Å². The first-order valence-electron chi connectivity index (χ1n) is 6.15. The van der Waals surface area contributed by atoms with Gasteiger partial charge in [-0.05, 0) is 27.7 Å². The summed E-state index contributed by atoms with van der Waals surface area (Å²) >= 11 is 0. The maximum Gasteiger partial charge on any atom is 0.0933 e. The molecule has 2 N–H and O–H groups in total. The van der Waals surface area contributed by atoms with Crippen LogP contribution in [-0.4, -0.2) is 50.6 Å². The topological polar surface area (TPSA) is 42.5 Å². The van der Waals surface area contributed by atoms with Gasteiger partial charge < -0.3 is 20.1 Å². The summed E-state index contributed by atoms with van der Waals surface area (Å²) in [5.41, 5.74) is 0.181. The minimum Gasteiger partial charge on any atom is -0.376 e. The molecule has 0 bridgehead atoms. The molecule has 4 nitrogen and oxygen atoms in total. The van der Waals surface area contributed by atoms with Gasteiger partial charge >= 0.3 is 0 Å². The Bertz CT molecular complexity index is 186. The molecule has 0 spiro atoms. The van der Waals surface area contributed by atoms with Crippen LogP contribution in [0.5, 0.6) is 0 Å². The summed E-state index contributed by atoms with van der Waals surface area (Å²) in [6.07, 6.45) is 0.214. The molecule has 0 amide bonds. The van der Waals surface area contributed by atoms with Crippen LogP contribution in [0.4, 0.5) is 0 Å². The van der Waals surface area contributed by atoms with Crippen LogP contribution in [0.15, 0.2) is 0 Å². The largest absolute Gasteiger partial charge is 0.376 e. The van der Waals surface area contributed by atoms with E-state index in [1.54, 1.807) is 0 Å². The fraction of sp³-hybridized carbons (Fsp3) is 1.00. The fourth-order valence-electron chi connectivity index (χ4n) is 1.52. The molecule has 0 radical (unpaired) electrons. The van der Waals surface area contributed by atoms with Crippen molar-refractivity contribution in [2.24, 2.45) is 0 Å². The highest BCUT2D eigenvalue weighted by Gasteiger charge is 2.16. The Morgan fingerprint density at radius 2 is 2.06 bits per heavy atom. The van der Waals surface area contributed by atoms with Gasteiger partial charge in [0.25, 0.3) is 0 Å². The zero-order valence-corrected chi connectivity index (χ0v) is 11.0. The lowest BCUT2D eigenvalue weighted by Crippen LogP contribution is -2.47. The molecule has 0 aromatic carbocycles. The summed E-state index contributed by atoms with van der Waals surface area (Å²) < 4.78 is 10.9. The van der Waals surface area contributed by atoms with Gasteiger partial charge in [-0.3, -0.25) is 0 Å². The molecule has 0 aromatic heterocycles. The Morgan fingerprint density at radius 1 is 1.31 bits per heavy atom. The SMILES string of the molecule is CC(CNC(C)(C)C)NCC1COCCO1. The van der Waals surface area contributed by atoms with Gasteiger partial charge in [0.05, 0.1) is 25.9 Å². The van der Waals surface area contributed by atoms with Crippen molar-refractivity contribution in [2.45, 2.75) is 45.4 Å². The van der Waals surface area contributed by atoms with Crippen molar-refractivity contribution in [3.63, 3.8) is 0 Å². The van der Waals surface area contributed by atoms with Crippen molar-refractivity contribution in [1.29, 1.82) is 0 Å². The molecule has 1 saturated heterocycles. The molecule has 96 valence electrons. The van der Waals surface area contributed by atoms with Crippen molar-refractivity contribution in [2.75, 3.05) is 32.9 Å². The monoisotopic (exact) mass is 230 g/mol. The van der Waals surface area contributed by atoms with E-state index >= 15 is 0 Å². The van der Waals surface area contributed by atoms with E-state index in [-0.39, 0.29) is 11.6 Å². The third kappa shape index (κ3) is 6.43. The number of rotatable bonds is 5. The van der Waals surface area contributed by atoms with Crippen LogP contribution in [-0.2, 0) is 9.47 Å². The molecule has 1 rings (SSSR count). The molecular formula is C12H26N2O2. The van der Waals surface area contributed by atoms with Crippen LogP contribution in [0.2, 0.25) is 0 Å². The highest BCUT2D eigenvalue weighted by molar-refractivity contribution is 4.75. The Kier molecular flexibility index (Phi) is 5.69. The summed E-state index contributed by atoms with van der Waals surface area (Å²) in [5.74, 6) is 0. The zero-order valence-electron chi connectivity index (χ0n) is 11.0. The predicted octanol–water partition coefficient (Wildman–Crippen LogP) is 0.768. The molecule has 0 aliphatic carbocycles. The van der Waals surface area contributed by atoms with E-state index in [0.717, 1.165) is 26.3 Å². The van der Waals surface area contributed by atoms with E-state index < -0.39 is 0 Å². The third-order valence-corrected chi connectivity index (χ3v) is 2.52. The van der Waals surface area contributed by atoms with Crippen molar-refractivity contribution in [1.82, 2.24) is 10.6 Å². The zero-order chi connectivity index (χ0) is 12.0. The summed E-state index contributed by atoms with van der Waals surface area (Å²) in [4.78, 5) is 0. The maximum atomic E-state index is 5.57. The minimum absolute atomic E-state index is 0.181. The van der Waals surface area contributed by atoms with E-state index in [2.05, 4.69) is 38.3 Å². The molecule has 2 unspecified atom stereocenters. The third-order valence-electron chi connectivity index (χ3n) is 2.52. The van der Waals surface area contributed by atoms with E-state index in [1.165, 1.54) is 0 Å². The van der Waals surface area contributed by atoms with Crippen LogP contribution in [0, 0.1) is 0 Å². The molecular weight excluding hydrogens is 204 g/mol. The molecule has 4 heteroatoms. The van der Waals surface area contributed by atoms with Gasteiger partial charge in [0, 0.05) is 24.7 Å². The highest BCUT2D eigenvalue weighted by atomic mass is 16.6. The van der Waals surface area contributed by atoms with Crippen molar-refractivity contribution >= 4 is 0 Å². The Balaban J connectivity index is 2.07. The second-order valence-corrected chi connectivity index (χ2v) is 5.51. The summed E-state index contributed by atoms with van der Waals surface area (Å²) in [5, 5.41) is 6.93. The maximum absolute atomic E-state index is 5.57. The summed E-state index contributed by atoms with van der Waals surface area (Å²) in [7, 11) is 0. The molecule has 1 aliphatic rings. The predicted molar refractivity (Wildman–Crippen MR) is 65.8 cm³/mol. The Morgan fingerprint density at radius 3 is 2.62 bits per heavy atom. The van der Waals surface area contributed by atoms with Gasteiger partial charge in [-0.15, -0.1) is 0 Å². The first-order valence-corrected chi connectivity index (χ1v) is 6.15. The average molecular weight is 230 g/mol. The second-order valence-electron chi connectivity index (χ2n) is 5.51. The van der Waals surface area contributed by atoms with Crippen LogP contribution in [0.25, 0.3) is 0 Å². The van der Waals surface area contributed by atoms with E-state index in [0.29, 0.717) is 12.6 Å². The van der Waals surface area contributed by atoms with Crippen LogP contribution in [0.3, 0.4) is 0 Å². The van der Waals surface area contributed by atoms with E-state index in [4.69, 9.17) is 9.47 Å². The lowest BCUT2D eigenvalue weighted by molar-refractivity contribution is -0.0869. The highest BCUT2D eigenvalue weighted by Crippen LogP contribution is 2.00. The molecule has 0 aromatic rings. The first-order chi connectivity index (χ1) is 7.47. The van der Waals surface area contributed by atoms with Gasteiger partial charge in [0.1, 0.15) is 0 Å². The van der Waals surface area contributed by atoms with Crippen LogP contribution >= 0.6 is 0 Å². The van der Waals surface area contributed by atoms with E-state index in [9.17, 15) is 0 Å².